The predicted octanol–water partition coefficient (Wildman–Crippen LogP) is 3.78. The molecule has 136 valence electrons. The zero-order valence-electron chi connectivity index (χ0n) is 14.3. The van der Waals surface area contributed by atoms with Crippen LogP contribution in [-0.4, -0.2) is 24.2 Å². The highest BCUT2D eigenvalue weighted by molar-refractivity contribution is 5.91. The minimum atomic E-state index is -2.48. The largest absolute Gasteiger partial charge is 0.493 e. The lowest BCUT2D eigenvalue weighted by Crippen LogP contribution is -2.06. The number of fused-ring (bicyclic) bond motifs is 1. The van der Waals surface area contributed by atoms with E-state index >= 15 is 0 Å². The van der Waals surface area contributed by atoms with Crippen LogP contribution in [0.1, 0.15) is 17.6 Å². The summed E-state index contributed by atoms with van der Waals surface area (Å²) in [6, 6.07) is 9.49. The van der Waals surface area contributed by atoms with Crippen LogP contribution >= 0.6 is 0 Å². The number of nitrogens with one attached hydrogen (secondary N) is 1. The Hall–Kier alpha value is -3.16. The molecule has 0 unspecified atom stereocenters. The monoisotopic (exact) mass is 360 g/mol. The zero-order valence-corrected chi connectivity index (χ0v) is 14.3. The van der Waals surface area contributed by atoms with Crippen molar-refractivity contribution in [1.82, 2.24) is 9.97 Å². The third-order valence-corrected chi connectivity index (χ3v) is 3.91. The summed E-state index contributed by atoms with van der Waals surface area (Å²) in [6.45, 7) is 0.377. The topological polar surface area (TPSA) is 82.3 Å². The molecule has 3 N–H and O–H groups in total. The van der Waals surface area contributed by atoms with E-state index in [2.05, 4.69) is 15.3 Å². The first-order valence-corrected chi connectivity index (χ1v) is 7.82. The Morgan fingerprint density at radius 2 is 1.69 bits per heavy atom. The van der Waals surface area contributed by atoms with E-state index < -0.39 is 6.43 Å². The minimum Gasteiger partial charge on any atom is -0.493 e. The van der Waals surface area contributed by atoms with Crippen LogP contribution in [0.4, 0.5) is 20.5 Å². The summed E-state index contributed by atoms with van der Waals surface area (Å²) in [6.07, 6.45) is -2.48. The van der Waals surface area contributed by atoms with E-state index in [1.165, 1.54) is 26.4 Å². The summed E-state index contributed by atoms with van der Waals surface area (Å²) in [7, 11) is 3.08. The molecule has 3 aromatic rings. The Morgan fingerprint density at radius 1 is 1.04 bits per heavy atom. The predicted molar refractivity (Wildman–Crippen MR) is 95.8 cm³/mol. The molecule has 0 saturated heterocycles. The summed E-state index contributed by atoms with van der Waals surface area (Å²) >= 11 is 0. The molecular formula is C18H18F2N4O2. The van der Waals surface area contributed by atoms with Crippen LogP contribution in [0.15, 0.2) is 36.4 Å². The molecule has 0 saturated carbocycles. The molecule has 2 aromatic carbocycles. The number of halogens is 2. The lowest BCUT2D eigenvalue weighted by molar-refractivity contribution is 0.151. The van der Waals surface area contributed by atoms with Gasteiger partial charge in [-0.3, -0.25) is 0 Å². The number of aromatic nitrogens is 2. The average Bonchev–Trinajstić information content (AvgIpc) is 2.65. The molecule has 3 rings (SSSR count). The van der Waals surface area contributed by atoms with Crippen molar-refractivity contribution >= 4 is 22.7 Å². The highest BCUT2D eigenvalue weighted by Gasteiger charge is 2.12. The summed E-state index contributed by atoms with van der Waals surface area (Å²) in [5, 5.41) is 3.69. The second-order valence-corrected chi connectivity index (χ2v) is 5.55. The quantitative estimate of drug-likeness (QED) is 0.696. The molecule has 0 aliphatic heterocycles. The van der Waals surface area contributed by atoms with Gasteiger partial charge in [-0.25, -0.2) is 13.8 Å². The van der Waals surface area contributed by atoms with E-state index in [9.17, 15) is 8.78 Å². The molecule has 0 aliphatic rings. The van der Waals surface area contributed by atoms with Crippen LogP contribution in [-0.2, 0) is 6.54 Å². The molecule has 0 amide bonds. The van der Waals surface area contributed by atoms with Crippen molar-refractivity contribution in [2.75, 3.05) is 25.3 Å². The van der Waals surface area contributed by atoms with Gasteiger partial charge in [0.25, 0.3) is 6.43 Å². The van der Waals surface area contributed by atoms with Gasteiger partial charge in [0.05, 0.1) is 19.7 Å². The SMILES string of the molecule is COc1cc2nc(NCc3ccc(C(F)F)cc3)nc(N)c2cc1OC. The Balaban J connectivity index is 1.84. The third-order valence-electron chi connectivity index (χ3n) is 3.91. The number of hydrogen-bond donors (Lipinski definition) is 2. The molecular weight excluding hydrogens is 342 g/mol. The van der Waals surface area contributed by atoms with Gasteiger partial charge in [0.15, 0.2) is 11.5 Å². The molecule has 26 heavy (non-hydrogen) atoms. The van der Waals surface area contributed by atoms with E-state index in [0.717, 1.165) is 5.56 Å². The zero-order chi connectivity index (χ0) is 18.7. The van der Waals surface area contributed by atoms with E-state index in [1.807, 2.05) is 0 Å². The van der Waals surface area contributed by atoms with Gasteiger partial charge in [-0.2, -0.15) is 4.98 Å². The van der Waals surface area contributed by atoms with Gasteiger partial charge in [-0.15, -0.1) is 0 Å². The normalized spacial score (nSPS) is 11.0. The molecule has 0 atom stereocenters. The first kappa shape index (κ1) is 17.7. The number of rotatable bonds is 6. The molecule has 0 bridgehead atoms. The number of benzene rings is 2. The van der Waals surface area contributed by atoms with E-state index in [4.69, 9.17) is 15.2 Å². The van der Waals surface area contributed by atoms with Crippen molar-refractivity contribution in [2.24, 2.45) is 0 Å². The van der Waals surface area contributed by atoms with E-state index in [1.54, 1.807) is 24.3 Å². The fourth-order valence-electron chi connectivity index (χ4n) is 2.52. The van der Waals surface area contributed by atoms with Crippen molar-refractivity contribution < 1.29 is 18.3 Å². The fraction of sp³-hybridized carbons (Fsp3) is 0.222. The first-order valence-electron chi connectivity index (χ1n) is 7.82. The number of methoxy groups -OCH3 is 2. The molecule has 8 heteroatoms. The van der Waals surface area contributed by atoms with Gasteiger partial charge >= 0.3 is 0 Å². The summed E-state index contributed by atoms with van der Waals surface area (Å²) in [4.78, 5) is 8.66. The van der Waals surface area contributed by atoms with Crippen LogP contribution in [0, 0.1) is 0 Å². The van der Waals surface area contributed by atoms with E-state index in [-0.39, 0.29) is 5.56 Å². The summed E-state index contributed by atoms with van der Waals surface area (Å²) in [5.41, 5.74) is 7.44. The van der Waals surface area contributed by atoms with Gasteiger partial charge in [0.1, 0.15) is 5.82 Å². The number of hydrogen-bond acceptors (Lipinski definition) is 6. The van der Waals surface area contributed by atoms with Crippen molar-refractivity contribution in [3.8, 4) is 11.5 Å². The van der Waals surface area contributed by atoms with Gasteiger partial charge in [-0.1, -0.05) is 24.3 Å². The molecule has 1 heterocycles. The second kappa shape index (κ2) is 7.38. The van der Waals surface area contributed by atoms with Crippen molar-refractivity contribution in [2.45, 2.75) is 13.0 Å². The number of nitrogen functional groups attached to an aromatic ring is 1. The maximum absolute atomic E-state index is 12.6. The van der Waals surface area contributed by atoms with Crippen molar-refractivity contribution in [3.63, 3.8) is 0 Å². The number of anilines is 2. The van der Waals surface area contributed by atoms with Crippen molar-refractivity contribution in [1.29, 1.82) is 0 Å². The maximum atomic E-state index is 12.6. The fourth-order valence-corrected chi connectivity index (χ4v) is 2.52. The summed E-state index contributed by atoms with van der Waals surface area (Å²) < 4.78 is 35.7. The maximum Gasteiger partial charge on any atom is 0.263 e. The Labute approximate surface area is 149 Å². The Morgan fingerprint density at radius 3 is 2.31 bits per heavy atom. The van der Waals surface area contributed by atoms with Crippen LogP contribution < -0.4 is 20.5 Å². The molecule has 0 fully saturated rings. The highest BCUT2D eigenvalue weighted by Crippen LogP contribution is 2.33. The third kappa shape index (κ3) is 3.58. The van der Waals surface area contributed by atoms with E-state index in [0.29, 0.717) is 40.7 Å². The second-order valence-electron chi connectivity index (χ2n) is 5.55. The summed E-state index contributed by atoms with van der Waals surface area (Å²) in [5.74, 6) is 1.70. The number of nitrogens with zero attached hydrogens (tertiary/aromatic N) is 2. The molecule has 6 nitrogen and oxygen atoms in total. The van der Waals surface area contributed by atoms with Gasteiger partial charge < -0.3 is 20.5 Å². The van der Waals surface area contributed by atoms with Crippen LogP contribution in [0.2, 0.25) is 0 Å². The molecule has 0 spiro atoms. The number of alkyl halides is 2. The smallest absolute Gasteiger partial charge is 0.263 e. The highest BCUT2D eigenvalue weighted by atomic mass is 19.3. The van der Waals surface area contributed by atoms with Gasteiger partial charge in [-0.05, 0) is 11.6 Å². The Bertz CT molecular complexity index is 917. The average molecular weight is 360 g/mol. The van der Waals surface area contributed by atoms with Crippen LogP contribution in [0.5, 0.6) is 11.5 Å². The van der Waals surface area contributed by atoms with Crippen molar-refractivity contribution in [3.05, 3.63) is 47.5 Å². The van der Waals surface area contributed by atoms with Gasteiger partial charge in [0.2, 0.25) is 5.95 Å². The first-order chi connectivity index (χ1) is 12.5. The van der Waals surface area contributed by atoms with Crippen LogP contribution in [0.25, 0.3) is 10.9 Å². The van der Waals surface area contributed by atoms with Gasteiger partial charge in [0, 0.05) is 23.6 Å². The molecule has 0 aliphatic carbocycles. The lowest BCUT2D eigenvalue weighted by Gasteiger charge is -2.12. The lowest BCUT2D eigenvalue weighted by atomic mass is 10.1. The molecule has 1 aromatic heterocycles. The molecule has 0 radical (unpaired) electrons. The number of ether oxygens (including phenoxy) is 2. The Kier molecular flexibility index (Phi) is 5.01. The minimum absolute atomic E-state index is 0.0130. The standard InChI is InChI=1S/C18H18F2N4O2/c1-25-14-7-12-13(8-15(14)26-2)23-18(24-17(12)21)22-9-10-3-5-11(6-4-10)16(19)20/h3-8,16H,9H2,1-2H3,(H3,21,22,23,24). The van der Waals surface area contributed by atoms with Crippen LogP contribution in [0.3, 0.4) is 0 Å². The number of nitrogens with two attached hydrogens (primary N) is 1.